The van der Waals surface area contributed by atoms with Crippen LogP contribution in [-0.2, 0) is 4.79 Å². The molecule has 1 fully saturated rings. The maximum Gasteiger partial charge on any atom is 0.241 e. The van der Waals surface area contributed by atoms with Gasteiger partial charge in [0.15, 0.2) is 0 Å². The van der Waals surface area contributed by atoms with Crippen LogP contribution in [-0.4, -0.2) is 29.6 Å². The van der Waals surface area contributed by atoms with Crippen molar-refractivity contribution in [3.63, 3.8) is 0 Å². The summed E-state index contributed by atoms with van der Waals surface area (Å²) < 4.78 is 0. The van der Waals surface area contributed by atoms with Gasteiger partial charge in [-0.1, -0.05) is 13.8 Å². The fourth-order valence-electron chi connectivity index (χ4n) is 1.91. The first-order valence-electron chi connectivity index (χ1n) is 5.12. The van der Waals surface area contributed by atoms with E-state index < -0.39 is 0 Å². The summed E-state index contributed by atoms with van der Waals surface area (Å²) in [7, 11) is 0. The van der Waals surface area contributed by atoms with Crippen LogP contribution in [0.5, 0.6) is 0 Å². The minimum Gasteiger partial charge on any atom is -0.326 e. The second-order valence-corrected chi connectivity index (χ2v) is 4.15. The standard InChI is InChI=1S/C10H20N2O/c1-5-12-8(4)11-9(10(12)13)6-7(2)3/h7-9,11H,5-6H2,1-4H3. The average Bonchev–Trinajstić information content (AvgIpc) is 2.26. The number of hydrogen-bond donors (Lipinski definition) is 1. The van der Waals surface area contributed by atoms with E-state index in [2.05, 4.69) is 19.2 Å². The molecule has 1 rings (SSSR count). The largest absolute Gasteiger partial charge is 0.326 e. The lowest BCUT2D eigenvalue weighted by Gasteiger charge is -2.17. The Morgan fingerprint density at radius 2 is 2.15 bits per heavy atom. The highest BCUT2D eigenvalue weighted by molar-refractivity contribution is 5.84. The first-order chi connectivity index (χ1) is 6.06. The Balaban J connectivity index is 2.57. The summed E-state index contributed by atoms with van der Waals surface area (Å²) in [5, 5.41) is 3.31. The first kappa shape index (κ1) is 10.5. The Labute approximate surface area is 80.5 Å². The number of amides is 1. The van der Waals surface area contributed by atoms with Crippen molar-refractivity contribution in [1.82, 2.24) is 10.2 Å². The van der Waals surface area contributed by atoms with Crippen LogP contribution in [0.2, 0.25) is 0 Å². The SMILES string of the molecule is CCN1C(=O)C(CC(C)C)NC1C. The Morgan fingerprint density at radius 3 is 2.54 bits per heavy atom. The zero-order valence-corrected chi connectivity index (χ0v) is 9.00. The van der Waals surface area contributed by atoms with Crippen molar-refractivity contribution in [1.29, 1.82) is 0 Å². The molecule has 0 aromatic rings. The molecule has 0 aromatic carbocycles. The Kier molecular flexibility index (Phi) is 3.31. The van der Waals surface area contributed by atoms with Gasteiger partial charge >= 0.3 is 0 Å². The number of rotatable bonds is 3. The first-order valence-corrected chi connectivity index (χ1v) is 5.12. The molecule has 1 aliphatic rings. The highest BCUT2D eigenvalue weighted by atomic mass is 16.2. The lowest BCUT2D eigenvalue weighted by Crippen LogP contribution is -2.34. The van der Waals surface area contributed by atoms with E-state index in [1.807, 2.05) is 18.7 Å². The van der Waals surface area contributed by atoms with E-state index >= 15 is 0 Å². The van der Waals surface area contributed by atoms with Gasteiger partial charge in [0, 0.05) is 6.54 Å². The molecule has 13 heavy (non-hydrogen) atoms. The van der Waals surface area contributed by atoms with Gasteiger partial charge in [0.1, 0.15) is 0 Å². The van der Waals surface area contributed by atoms with Crippen LogP contribution in [0.4, 0.5) is 0 Å². The molecule has 2 atom stereocenters. The maximum absolute atomic E-state index is 11.7. The van der Waals surface area contributed by atoms with E-state index in [0.29, 0.717) is 5.92 Å². The molecule has 0 spiro atoms. The van der Waals surface area contributed by atoms with Crippen LogP contribution in [0.1, 0.15) is 34.1 Å². The number of likely N-dealkylation sites (N-methyl/N-ethyl adjacent to an activating group) is 1. The highest BCUT2D eigenvalue weighted by Gasteiger charge is 2.35. The minimum atomic E-state index is 0.0509. The van der Waals surface area contributed by atoms with Crippen molar-refractivity contribution >= 4 is 5.91 Å². The van der Waals surface area contributed by atoms with Gasteiger partial charge < -0.3 is 4.90 Å². The fourth-order valence-corrected chi connectivity index (χ4v) is 1.91. The molecule has 76 valence electrons. The maximum atomic E-state index is 11.7. The molecule has 0 bridgehead atoms. The molecule has 1 amide bonds. The molecule has 1 heterocycles. The van der Waals surface area contributed by atoms with Crippen LogP contribution in [0.25, 0.3) is 0 Å². The van der Waals surface area contributed by atoms with Crippen LogP contribution < -0.4 is 5.32 Å². The molecule has 1 saturated heterocycles. The van der Waals surface area contributed by atoms with Gasteiger partial charge in [-0.05, 0) is 26.2 Å². The van der Waals surface area contributed by atoms with E-state index in [0.717, 1.165) is 13.0 Å². The molecular formula is C10H20N2O. The summed E-state index contributed by atoms with van der Waals surface area (Å²) in [4.78, 5) is 13.6. The normalized spacial score (nSPS) is 29.0. The van der Waals surface area contributed by atoms with Gasteiger partial charge in [-0.25, -0.2) is 0 Å². The van der Waals surface area contributed by atoms with E-state index in [4.69, 9.17) is 0 Å². The van der Waals surface area contributed by atoms with E-state index in [-0.39, 0.29) is 18.1 Å². The summed E-state index contributed by atoms with van der Waals surface area (Å²) in [6.45, 7) is 9.17. The second-order valence-electron chi connectivity index (χ2n) is 4.15. The molecular weight excluding hydrogens is 164 g/mol. The predicted molar refractivity (Wildman–Crippen MR) is 53.2 cm³/mol. The fraction of sp³-hybridized carbons (Fsp3) is 0.900. The Morgan fingerprint density at radius 1 is 1.54 bits per heavy atom. The minimum absolute atomic E-state index is 0.0509. The number of hydrogen-bond acceptors (Lipinski definition) is 2. The van der Waals surface area contributed by atoms with Crippen LogP contribution in [0, 0.1) is 5.92 Å². The predicted octanol–water partition coefficient (Wildman–Crippen LogP) is 1.20. The summed E-state index contributed by atoms with van der Waals surface area (Å²) >= 11 is 0. The summed E-state index contributed by atoms with van der Waals surface area (Å²) in [5.74, 6) is 0.842. The third-order valence-corrected chi connectivity index (χ3v) is 2.54. The van der Waals surface area contributed by atoms with Gasteiger partial charge in [-0.3, -0.25) is 10.1 Å². The highest BCUT2D eigenvalue weighted by Crippen LogP contribution is 2.15. The van der Waals surface area contributed by atoms with Gasteiger partial charge in [0.25, 0.3) is 0 Å². The van der Waals surface area contributed by atoms with Crippen LogP contribution in [0.3, 0.4) is 0 Å². The summed E-state index contributed by atoms with van der Waals surface area (Å²) in [6, 6.07) is 0.0509. The van der Waals surface area contributed by atoms with Crippen LogP contribution >= 0.6 is 0 Å². The van der Waals surface area contributed by atoms with Gasteiger partial charge in [-0.2, -0.15) is 0 Å². The van der Waals surface area contributed by atoms with Crippen molar-refractivity contribution in [3.8, 4) is 0 Å². The Hall–Kier alpha value is -0.570. The lowest BCUT2D eigenvalue weighted by molar-refractivity contribution is -0.129. The third-order valence-electron chi connectivity index (χ3n) is 2.54. The lowest BCUT2D eigenvalue weighted by atomic mass is 10.0. The van der Waals surface area contributed by atoms with Crippen molar-refractivity contribution in [2.45, 2.75) is 46.3 Å². The monoisotopic (exact) mass is 184 g/mol. The van der Waals surface area contributed by atoms with Gasteiger partial charge in [-0.15, -0.1) is 0 Å². The van der Waals surface area contributed by atoms with Gasteiger partial charge in [0.2, 0.25) is 5.91 Å². The van der Waals surface area contributed by atoms with Crippen LogP contribution in [0.15, 0.2) is 0 Å². The summed E-state index contributed by atoms with van der Waals surface area (Å²) in [5.41, 5.74) is 0. The van der Waals surface area contributed by atoms with E-state index in [9.17, 15) is 4.79 Å². The number of carbonyl (C=O) groups excluding carboxylic acids is 1. The van der Waals surface area contributed by atoms with Crippen molar-refractivity contribution in [3.05, 3.63) is 0 Å². The molecule has 0 radical (unpaired) electrons. The molecule has 2 unspecified atom stereocenters. The molecule has 1 N–H and O–H groups in total. The molecule has 0 aliphatic carbocycles. The summed E-state index contributed by atoms with van der Waals surface area (Å²) in [6.07, 6.45) is 1.15. The second kappa shape index (κ2) is 4.09. The topological polar surface area (TPSA) is 32.3 Å². The van der Waals surface area contributed by atoms with Crippen molar-refractivity contribution in [2.24, 2.45) is 5.92 Å². The molecule has 1 aliphatic heterocycles. The molecule has 3 nitrogen and oxygen atoms in total. The van der Waals surface area contributed by atoms with Crippen molar-refractivity contribution in [2.75, 3.05) is 6.54 Å². The molecule has 0 aromatic heterocycles. The smallest absolute Gasteiger partial charge is 0.241 e. The number of carbonyl (C=O) groups is 1. The number of nitrogens with zero attached hydrogens (tertiary/aromatic N) is 1. The third kappa shape index (κ3) is 2.21. The number of nitrogens with one attached hydrogen (secondary N) is 1. The van der Waals surface area contributed by atoms with Crippen molar-refractivity contribution < 1.29 is 4.79 Å². The molecule has 3 heteroatoms. The van der Waals surface area contributed by atoms with E-state index in [1.165, 1.54) is 0 Å². The zero-order chi connectivity index (χ0) is 10.0. The van der Waals surface area contributed by atoms with Gasteiger partial charge in [0.05, 0.1) is 12.2 Å². The zero-order valence-electron chi connectivity index (χ0n) is 9.00. The van der Waals surface area contributed by atoms with E-state index in [1.54, 1.807) is 0 Å². The molecule has 0 saturated carbocycles. The average molecular weight is 184 g/mol. The Bertz CT molecular complexity index is 191. The quantitative estimate of drug-likeness (QED) is 0.714.